The topological polar surface area (TPSA) is 81.4 Å². The van der Waals surface area contributed by atoms with Gasteiger partial charge in [0.25, 0.3) is 0 Å². The maximum Gasteiger partial charge on any atom is 0.346 e. The van der Waals surface area contributed by atoms with E-state index in [4.69, 9.17) is 0 Å². The summed E-state index contributed by atoms with van der Waals surface area (Å²) < 4.78 is 0. The van der Waals surface area contributed by atoms with Crippen molar-refractivity contribution in [1.29, 1.82) is 5.26 Å². The fourth-order valence-corrected chi connectivity index (χ4v) is 5.82. The lowest BCUT2D eigenvalue weighted by molar-refractivity contribution is -0.132. The summed E-state index contributed by atoms with van der Waals surface area (Å²) in [6, 6.07) is 38.1. The molecule has 0 amide bonds. The number of nitrogens with zero attached hydrogens (tertiary/aromatic N) is 2. The molecule has 240 valence electrons. The molecule has 0 radical (unpaired) electrons. The molecule has 1 aliphatic rings. The average molecular weight is 633 g/mol. The Bertz CT molecular complexity index is 1920. The minimum atomic E-state index is -1.27. The van der Waals surface area contributed by atoms with Gasteiger partial charge in [-0.3, -0.25) is 4.79 Å². The molecule has 0 spiro atoms. The van der Waals surface area contributed by atoms with Crippen LogP contribution in [-0.2, 0) is 9.59 Å². The fourth-order valence-electron chi connectivity index (χ4n) is 5.82. The zero-order chi connectivity index (χ0) is 34.6. The first-order chi connectivity index (χ1) is 22.8. The summed E-state index contributed by atoms with van der Waals surface area (Å²) in [6.45, 7) is 12.4. The Morgan fingerprint density at radius 1 is 0.667 bits per heavy atom. The number of ketones is 1. The largest absolute Gasteiger partial charge is 0.477 e. The van der Waals surface area contributed by atoms with Crippen LogP contribution in [0, 0.1) is 22.2 Å². The van der Waals surface area contributed by atoms with Crippen molar-refractivity contribution in [2.75, 3.05) is 4.90 Å². The molecule has 0 atom stereocenters. The molecule has 5 rings (SSSR count). The number of anilines is 3. The summed E-state index contributed by atoms with van der Waals surface area (Å²) >= 11 is 0. The molecule has 4 aromatic carbocycles. The molecule has 0 heterocycles. The molecule has 1 aliphatic carbocycles. The lowest BCUT2D eigenvalue weighted by Gasteiger charge is -2.32. The number of allylic oxidation sites excluding steroid dienone is 5. The third-order valence-corrected chi connectivity index (χ3v) is 8.30. The Morgan fingerprint density at radius 3 is 1.48 bits per heavy atom. The van der Waals surface area contributed by atoms with Gasteiger partial charge in [-0.1, -0.05) is 114 Å². The highest BCUT2D eigenvalue weighted by molar-refractivity contribution is 6.12. The lowest BCUT2D eigenvalue weighted by Crippen LogP contribution is -2.28. The van der Waals surface area contributed by atoms with E-state index in [9.17, 15) is 20.0 Å². The van der Waals surface area contributed by atoms with Crippen LogP contribution in [0.3, 0.4) is 0 Å². The predicted molar refractivity (Wildman–Crippen MR) is 195 cm³/mol. The van der Waals surface area contributed by atoms with Gasteiger partial charge in [-0.25, -0.2) is 4.79 Å². The van der Waals surface area contributed by atoms with Gasteiger partial charge < -0.3 is 10.0 Å². The van der Waals surface area contributed by atoms with E-state index in [1.54, 1.807) is 6.07 Å². The van der Waals surface area contributed by atoms with Crippen molar-refractivity contribution in [1.82, 2.24) is 0 Å². The number of carboxylic acid groups (broad SMARTS) is 1. The highest BCUT2D eigenvalue weighted by atomic mass is 16.4. The molecule has 0 unspecified atom stereocenters. The van der Waals surface area contributed by atoms with Crippen molar-refractivity contribution in [2.45, 2.75) is 41.5 Å². The number of Topliss-reactive ketones (excluding diaryl/α,β-unsaturated/α-hetero) is 1. The Kier molecular flexibility index (Phi) is 9.50. The van der Waals surface area contributed by atoms with Gasteiger partial charge in [-0.05, 0) is 93.3 Å². The first-order valence-corrected chi connectivity index (χ1v) is 16.0. The fraction of sp³-hybridized carbons (Fsp3) is 0.186. The van der Waals surface area contributed by atoms with E-state index in [1.807, 2.05) is 72.8 Å². The van der Waals surface area contributed by atoms with Gasteiger partial charge in [-0.2, -0.15) is 5.26 Å². The molecule has 1 N–H and O–H groups in total. The van der Waals surface area contributed by atoms with Crippen LogP contribution in [0.1, 0.15) is 58.2 Å². The molecule has 0 fully saturated rings. The SMILES string of the molecule is CC(C)(C)C1=CC(=C(c2ccc(/C=C(/C#N)C(=O)O)cc2)c2ccc(N(c3ccccc3)c3ccccc3)cc2)C=C(C(C)(C)C)C1=O. The van der Waals surface area contributed by atoms with Crippen LogP contribution in [0.2, 0.25) is 0 Å². The number of carboxylic acids is 1. The number of para-hydroxylation sites is 2. The quantitative estimate of drug-likeness (QED) is 0.162. The third-order valence-electron chi connectivity index (χ3n) is 8.30. The molecule has 0 saturated carbocycles. The number of hydrogen-bond donors (Lipinski definition) is 1. The second-order valence-corrected chi connectivity index (χ2v) is 13.9. The molecule has 0 aliphatic heterocycles. The van der Waals surface area contributed by atoms with Gasteiger partial charge in [0, 0.05) is 28.2 Å². The third kappa shape index (κ3) is 7.29. The minimum absolute atomic E-state index is 0.0630. The molecular formula is C43H40N2O3. The van der Waals surface area contributed by atoms with Gasteiger partial charge in [-0.15, -0.1) is 0 Å². The Morgan fingerprint density at radius 2 is 1.08 bits per heavy atom. The number of benzene rings is 4. The summed E-state index contributed by atoms with van der Waals surface area (Å²) in [5, 5.41) is 18.6. The van der Waals surface area contributed by atoms with Crippen molar-refractivity contribution in [3.63, 3.8) is 0 Å². The highest BCUT2D eigenvalue weighted by Crippen LogP contribution is 2.42. The molecule has 5 heteroatoms. The standard InChI is InChI=1S/C43H40N2O3/c1-42(2,3)37-26-32(27-38(40(37)46)43(4,5)6)39(30-19-17-29(18-20-30)25-33(28-44)41(47)48)31-21-23-36(24-22-31)45(34-13-9-7-10-14-34)35-15-11-8-12-16-35/h7-27H,1-6H3,(H,47,48)/b33-25-. The van der Waals surface area contributed by atoms with Gasteiger partial charge in [0.2, 0.25) is 0 Å². The summed E-state index contributed by atoms with van der Waals surface area (Å²) in [7, 11) is 0. The Balaban J connectivity index is 1.73. The number of nitriles is 1. The van der Waals surface area contributed by atoms with Gasteiger partial charge in [0.15, 0.2) is 5.78 Å². The zero-order valence-electron chi connectivity index (χ0n) is 28.3. The van der Waals surface area contributed by atoms with E-state index in [0.29, 0.717) is 5.56 Å². The maximum atomic E-state index is 13.8. The van der Waals surface area contributed by atoms with Crippen molar-refractivity contribution in [2.24, 2.45) is 10.8 Å². The van der Waals surface area contributed by atoms with Crippen molar-refractivity contribution >= 4 is 40.5 Å². The van der Waals surface area contributed by atoms with Crippen LogP contribution < -0.4 is 4.90 Å². The summed E-state index contributed by atoms with van der Waals surface area (Å²) in [5.74, 6) is -1.20. The van der Waals surface area contributed by atoms with E-state index in [2.05, 4.69) is 95.0 Å². The van der Waals surface area contributed by atoms with E-state index in [1.165, 1.54) is 6.08 Å². The van der Waals surface area contributed by atoms with Crippen LogP contribution in [0.15, 0.2) is 144 Å². The smallest absolute Gasteiger partial charge is 0.346 e. The monoisotopic (exact) mass is 632 g/mol. The molecule has 5 nitrogen and oxygen atoms in total. The number of carbonyl (C=O) groups excluding carboxylic acids is 1. The van der Waals surface area contributed by atoms with Gasteiger partial charge in [0.1, 0.15) is 11.6 Å². The van der Waals surface area contributed by atoms with Crippen molar-refractivity contribution in [3.8, 4) is 6.07 Å². The van der Waals surface area contributed by atoms with E-state index in [-0.39, 0.29) is 22.2 Å². The zero-order valence-corrected chi connectivity index (χ0v) is 28.3. The number of hydrogen-bond acceptors (Lipinski definition) is 4. The van der Waals surface area contributed by atoms with Crippen LogP contribution in [0.5, 0.6) is 0 Å². The molecule has 0 aromatic heterocycles. The van der Waals surface area contributed by atoms with E-state index in [0.717, 1.165) is 50.5 Å². The predicted octanol–water partition coefficient (Wildman–Crippen LogP) is 10.5. The average Bonchev–Trinajstić information content (AvgIpc) is 3.05. The molecular weight excluding hydrogens is 592 g/mol. The molecule has 4 aromatic rings. The van der Waals surface area contributed by atoms with Crippen LogP contribution in [0.25, 0.3) is 11.6 Å². The summed E-state index contributed by atoms with van der Waals surface area (Å²) in [4.78, 5) is 27.5. The molecule has 48 heavy (non-hydrogen) atoms. The normalized spacial score (nSPS) is 13.7. The van der Waals surface area contributed by atoms with Crippen molar-refractivity contribution < 1.29 is 14.7 Å². The lowest BCUT2D eigenvalue weighted by atomic mass is 9.71. The summed E-state index contributed by atoms with van der Waals surface area (Å²) in [6.07, 6.45) is 5.41. The maximum absolute atomic E-state index is 13.8. The Hall–Kier alpha value is -5.73. The second-order valence-electron chi connectivity index (χ2n) is 13.9. The first-order valence-electron chi connectivity index (χ1n) is 16.0. The second kappa shape index (κ2) is 13.6. The van der Waals surface area contributed by atoms with E-state index >= 15 is 0 Å². The summed E-state index contributed by atoms with van der Waals surface area (Å²) in [5.41, 5.74) is 7.81. The van der Waals surface area contributed by atoms with Gasteiger partial charge in [0.05, 0.1) is 0 Å². The highest BCUT2D eigenvalue weighted by Gasteiger charge is 2.34. The molecule has 0 bridgehead atoms. The van der Waals surface area contributed by atoms with E-state index < -0.39 is 5.97 Å². The minimum Gasteiger partial charge on any atom is -0.477 e. The van der Waals surface area contributed by atoms with Crippen LogP contribution in [0.4, 0.5) is 17.1 Å². The van der Waals surface area contributed by atoms with Gasteiger partial charge >= 0.3 is 5.97 Å². The first kappa shape index (κ1) is 33.6. The number of rotatable bonds is 7. The van der Waals surface area contributed by atoms with Crippen molar-refractivity contribution in [3.05, 3.63) is 160 Å². The molecule has 0 saturated heterocycles. The number of carbonyl (C=O) groups is 2. The van der Waals surface area contributed by atoms with Crippen LogP contribution in [-0.4, -0.2) is 16.9 Å². The Labute approximate surface area is 283 Å². The van der Waals surface area contributed by atoms with Crippen LogP contribution >= 0.6 is 0 Å². The number of aliphatic carboxylic acids is 1.